The van der Waals surface area contributed by atoms with Gasteiger partial charge in [0.1, 0.15) is 12.0 Å². The number of carbonyl (C=O) groups is 1. The zero-order valence-corrected chi connectivity index (χ0v) is 11.5. The Hall–Kier alpha value is -2.18. The van der Waals surface area contributed by atoms with Gasteiger partial charge in [-0.2, -0.15) is 0 Å². The second-order valence-corrected chi connectivity index (χ2v) is 5.06. The Balaban J connectivity index is 2.14. The predicted molar refractivity (Wildman–Crippen MR) is 74.7 cm³/mol. The van der Waals surface area contributed by atoms with Crippen LogP contribution in [0.25, 0.3) is 0 Å². The third kappa shape index (κ3) is 3.23. The fraction of sp³-hybridized carbons (Fsp3) is 0.538. The molecule has 1 aromatic rings. The third-order valence-corrected chi connectivity index (χ3v) is 3.47. The molecule has 108 valence electrons. The molecule has 2 N–H and O–H groups in total. The summed E-state index contributed by atoms with van der Waals surface area (Å²) in [5.41, 5.74) is 0.0333. The largest absolute Gasteiger partial charge is 0.370 e. The molecule has 1 aliphatic carbocycles. The molecule has 7 heteroatoms. The lowest BCUT2D eigenvalue weighted by Gasteiger charge is -2.09. The van der Waals surface area contributed by atoms with Crippen LogP contribution in [0, 0.1) is 22.0 Å². The van der Waals surface area contributed by atoms with Crippen molar-refractivity contribution < 1.29 is 9.72 Å². The fourth-order valence-corrected chi connectivity index (χ4v) is 2.04. The lowest BCUT2D eigenvalue weighted by atomic mass is 10.2. The summed E-state index contributed by atoms with van der Waals surface area (Å²) in [6.45, 7) is 5.20. The Morgan fingerprint density at radius 1 is 1.60 bits per heavy atom. The second-order valence-electron chi connectivity index (χ2n) is 5.06. The molecule has 2 rings (SSSR count). The van der Waals surface area contributed by atoms with E-state index < -0.39 is 4.92 Å². The molecule has 1 aliphatic rings. The number of anilines is 1. The fourth-order valence-electron chi connectivity index (χ4n) is 2.04. The van der Waals surface area contributed by atoms with Gasteiger partial charge in [0, 0.05) is 19.2 Å². The molecule has 2 unspecified atom stereocenters. The highest BCUT2D eigenvalue weighted by Crippen LogP contribution is 2.36. The maximum Gasteiger partial charge on any atom is 0.288 e. The topological polar surface area (TPSA) is 97.2 Å². The molecule has 0 aromatic carbocycles. The van der Waals surface area contributed by atoms with Crippen LogP contribution in [-0.2, 0) is 0 Å². The van der Waals surface area contributed by atoms with E-state index in [4.69, 9.17) is 0 Å². The van der Waals surface area contributed by atoms with E-state index in [1.54, 1.807) is 0 Å². The molecule has 7 nitrogen and oxygen atoms in total. The number of hydrogen-bond acceptors (Lipinski definition) is 5. The SMILES string of the molecule is CCNc1ncc([N+](=O)[O-])cc1C(=O)NCC1CC1C. The van der Waals surface area contributed by atoms with Crippen molar-refractivity contribution in [3.8, 4) is 0 Å². The number of hydrogen-bond donors (Lipinski definition) is 2. The third-order valence-electron chi connectivity index (χ3n) is 3.47. The van der Waals surface area contributed by atoms with Crippen molar-refractivity contribution >= 4 is 17.4 Å². The van der Waals surface area contributed by atoms with Crippen molar-refractivity contribution in [3.05, 3.63) is 27.9 Å². The van der Waals surface area contributed by atoms with Gasteiger partial charge in [-0.15, -0.1) is 0 Å². The summed E-state index contributed by atoms with van der Waals surface area (Å²) in [4.78, 5) is 26.3. The van der Waals surface area contributed by atoms with Gasteiger partial charge in [-0.1, -0.05) is 6.92 Å². The first-order valence-electron chi connectivity index (χ1n) is 6.69. The van der Waals surface area contributed by atoms with Gasteiger partial charge in [-0.05, 0) is 25.2 Å². The van der Waals surface area contributed by atoms with E-state index in [2.05, 4.69) is 22.5 Å². The van der Waals surface area contributed by atoms with Crippen LogP contribution in [-0.4, -0.2) is 28.9 Å². The van der Waals surface area contributed by atoms with Gasteiger partial charge >= 0.3 is 0 Å². The second kappa shape index (κ2) is 5.85. The normalized spacial score (nSPS) is 20.3. The Kier molecular flexibility index (Phi) is 4.16. The number of amides is 1. The van der Waals surface area contributed by atoms with Crippen molar-refractivity contribution in [1.29, 1.82) is 0 Å². The van der Waals surface area contributed by atoms with Crippen LogP contribution in [0.2, 0.25) is 0 Å². The summed E-state index contributed by atoms with van der Waals surface area (Å²) in [5.74, 6) is 1.22. The molecule has 0 bridgehead atoms. The van der Waals surface area contributed by atoms with Gasteiger partial charge in [0.05, 0.1) is 10.5 Å². The molecule has 2 atom stereocenters. The van der Waals surface area contributed by atoms with Crippen LogP contribution >= 0.6 is 0 Å². The molecule has 0 saturated heterocycles. The minimum atomic E-state index is -0.553. The average Bonchev–Trinajstić information content (AvgIpc) is 3.12. The van der Waals surface area contributed by atoms with Crippen molar-refractivity contribution in [2.75, 3.05) is 18.4 Å². The number of nitrogens with one attached hydrogen (secondary N) is 2. The van der Waals surface area contributed by atoms with E-state index in [9.17, 15) is 14.9 Å². The number of aromatic nitrogens is 1. The number of rotatable bonds is 6. The molecular weight excluding hydrogens is 260 g/mol. The van der Waals surface area contributed by atoms with Crippen LogP contribution in [0.5, 0.6) is 0 Å². The van der Waals surface area contributed by atoms with Gasteiger partial charge in [-0.3, -0.25) is 14.9 Å². The van der Waals surface area contributed by atoms with E-state index in [1.165, 1.54) is 6.07 Å². The number of nitro groups is 1. The van der Waals surface area contributed by atoms with Gasteiger partial charge in [0.2, 0.25) is 0 Å². The molecule has 0 spiro atoms. The molecule has 1 aromatic heterocycles. The standard InChI is InChI=1S/C13H18N4O3/c1-3-14-12-11(5-10(7-15-12)17(19)20)13(18)16-6-9-4-8(9)2/h5,7-9H,3-4,6H2,1-2H3,(H,14,15)(H,16,18). The highest BCUT2D eigenvalue weighted by Gasteiger charge is 2.32. The van der Waals surface area contributed by atoms with Gasteiger partial charge < -0.3 is 10.6 Å². The lowest BCUT2D eigenvalue weighted by Crippen LogP contribution is -2.27. The average molecular weight is 278 g/mol. The summed E-state index contributed by atoms with van der Waals surface area (Å²) in [5, 5.41) is 16.5. The Bertz CT molecular complexity index is 532. The zero-order chi connectivity index (χ0) is 14.7. The maximum absolute atomic E-state index is 12.1. The van der Waals surface area contributed by atoms with Crippen molar-refractivity contribution in [2.24, 2.45) is 11.8 Å². The minimum Gasteiger partial charge on any atom is -0.370 e. The van der Waals surface area contributed by atoms with Gasteiger partial charge in [0.25, 0.3) is 11.6 Å². The number of nitrogens with zero attached hydrogens (tertiary/aromatic N) is 2. The van der Waals surface area contributed by atoms with Gasteiger partial charge in [-0.25, -0.2) is 4.98 Å². The first kappa shape index (κ1) is 14.2. The highest BCUT2D eigenvalue weighted by atomic mass is 16.6. The molecule has 0 aliphatic heterocycles. The zero-order valence-electron chi connectivity index (χ0n) is 11.5. The highest BCUT2D eigenvalue weighted by molar-refractivity contribution is 5.99. The lowest BCUT2D eigenvalue weighted by molar-refractivity contribution is -0.385. The van der Waals surface area contributed by atoms with E-state index in [1.807, 2.05) is 6.92 Å². The van der Waals surface area contributed by atoms with Crippen LogP contribution in [0.3, 0.4) is 0 Å². The molecule has 1 amide bonds. The Morgan fingerprint density at radius 3 is 2.85 bits per heavy atom. The summed E-state index contributed by atoms with van der Waals surface area (Å²) >= 11 is 0. The van der Waals surface area contributed by atoms with Gasteiger partial charge in [0.15, 0.2) is 0 Å². The predicted octanol–water partition coefficient (Wildman–Crippen LogP) is 1.81. The van der Waals surface area contributed by atoms with E-state index in [0.717, 1.165) is 12.6 Å². The summed E-state index contributed by atoms with van der Waals surface area (Å²) in [6, 6.07) is 1.26. The first-order chi connectivity index (χ1) is 9.52. The Labute approximate surface area is 116 Å². The summed E-state index contributed by atoms with van der Waals surface area (Å²) in [6.07, 6.45) is 2.27. The molecule has 0 radical (unpaired) electrons. The maximum atomic E-state index is 12.1. The van der Waals surface area contributed by atoms with E-state index >= 15 is 0 Å². The first-order valence-corrected chi connectivity index (χ1v) is 6.69. The minimum absolute atomic E-state index is 0.184. The van der Waals surface area contributed by atoms with Crippen molar-refractivity contribution in [1.82, 2.24) is 10.3 Å². The molecule has 20 heavy (non-hydrogen) atoms. The smallest absolute Gasteiger partial charge is 0.288 e. The molecular formula is C13H18N4O3. The summed E-state index contributed by atoms with van der Waals surface area (Å²) in [7, 11) is 0. The van der Waals surface area contributed by atoms with Crippen LogP contribution in [0.15, 0.2) is 12.3 Å². The van der Waals surface area contributed by atoms with Crippen LogP contribution < -0.4 is 10.6 Å². The van der Waals surface area contributed by atoms with Crippen LogP contribution in [0.4, 0.5) is 11.5 Å². The molecule has 1 fully saturated rings. The molecule has 1 heterocycles. The van der Waals surface area contributed by atoms with Crippen molar-refractivity contribution in [2.45, 2.75) is 20.3 Å². The Morgan fingerprint density at radius 2 is 2.30 bits per heavy atom. The summed E-state index contributed by atoms with van der Waals surface area (Å²) < 4.78 is 0. The monoisotopic (exact) mass is 278 g/mol. The molecule has 1 saturated carbocycles. The van der Waals surface area contributed by atoms with E-state index in [-0.39, 0.29) is 17.2 Å². The number of pyridine rings is 1. The van der Waals surface area contributed by atoms with Crippen molar-refractivity contribution in [3.63, 3.8) is 0 Å². The number of carbonyl (C=O) groups excluding carboxylic acids is 1. The van der Waals surface area contributed by atoms with E-state index in [0.29, 0.717) is 30.7 Å². The van der Waals surface area contributed by atoms with Crippen LogP contribution in [0.1, 0.15) is 30.6 Å². The quantitative estimate of drug-likeness (QED) is 0.611.